The molecule has 1 heterocycles. The maximum Gasteiger partial charge on any atom is 0.313 e. The molecule has 1 aromatic heterocycles. The molecule has 1 atom stereocenters. The van der Waals surface area contributed by atoms with Crippen LogP contribution in [0.3, 0.4) is 0 Å². The van der Waals surface area contributed by atoms with Gasteiger partial charge in [0, 0.05) is 11.4 Å². The number of carbonyl (C=O) groups is 1. The second-order valence-corrected chi connectivity index (χ2v) is 4.79. The van der Waals surface area contributed by atoms with Crippen molar-refractivity contribution < 1.29 is 14.8 Å². The number of carboxylic acid groups (broad SMARTS) is 1. The fourth-order valence-electron chi connectivity index (χ4n) is 1.57. The maximum atomic E-state index is 10.9. The predicted molar refractivity (Wildman–Crippen MR) is 70.3 cm³/mol. The topological polar surface area (TPSA) is 93.3 Å². The normalized spacial score (nSPS) is 12.1. The van der Waals surface area contributed by atoms with Crippen LogP contribution in [0.4, 0.5) is 5.69 Å². The first-order valence-corrected chi connectivity index (χ1v) is 6.30. The van der Waals surface area contributed by atoms with Crippen LogP contribution < -0.4 is 0 Å². The summed E-state index contributed by atoms with van der Waals surface area (Å²) >= 11 is 1.19. The Labute approximate surface area is 112 Å². The van der Waals surface area contributed by atoms with Gasteiger partial charge in [0.1, 0.15) is 10.9 Å². The van der Waals surface area contributed by atoms with E-state index in [0.29, 0.717) is 16.3 Å². The summed E-state index contributed by atoms with van der Waals surface area (Å²) in [6.45, 7) is 1.53. The van der Waals surface area contributed by atoms with E-state index in [1.54, 1.807) is 23.6 Å². The summed E-state index contributed by atoms with van der Waals surface area (Å²) in [6.07, 6.45) is 0. The van der Waals surface area contributed by atoms with Gasteiger partial charge in [-0.2, -0.15) is 0 Å². The van der Waals surface area contributed by atoms with Gasteiger partial charge in [0.15, 0.2) is 0 Å². The number of aliphatic carboxylic acids is 1. The van der Waals surface area contributed by atoms with Gasteiger partial charge in [-0.15, -0.1) is 11.3 Å². The fourth-order valence-corrected chi connectivity index (χ4v) is 2.43. The molecule has 1 N–H and O–H groups in total. The Morgan fingerprint density at radius 2 is 2.16 bits per heavy atom. The molecule has 19 heavy (non-hydrogen) atoms. The zero-order chi connectivity index (χ0) is 14.0. The van der Waals surface area contributed by atoms with Crippen LogP contribution in [0.1, 0.15) is 17.8 Å². The predicted octanol–water partition coefficient (Wildman–Crippen LogP) is 2.91. The molecule has 0 saturated heterocycles. The molecule has 0 aliphatic heterocycles. The smallest absolute Gasteiger partial charge is 0.313 e. The molecule has 6 nitrogen and oxygen atoms in total. The average molecular weight is 278 g/mol. The van der Waals surface area contributed by atoms with Crippen molar-refractivity contribution in [1.29, 1.82) is 0 Å². The van der Waals surface area contributed by atoms with Crippen LogP contribution in [0.2, 0.25) is 0 Å². The summed E-state index contributed by atoms with van der Waals surface area (Å²) in [6, 6.07) is 6.26. The Morgan fingerprint density at radius 3 is 2.79 bits per heavy atom. The SMILES string of the molecule is CC(C(=O)O)c1nc(-c2ccccc2[N+](=O)[O-])cs1. The molecule has 0 radical (unpaired) electrons. The standard InChI is InChI=1S/C12H10N2O4S/c1-7(12(15)16)11-13-9(6-19-11)8-4-2-3-5-10(8)14(17)18/h2-7H,1H3,(H,15,16). The van der Waals surface area contributed by atoms with Crippen LogP contribution in [0.25, 0.3) is 11.3 Å². The second-order valence-electron chi connectivity index (χ2n) is 3.91. The Balaban J connectivity index is 2.44. The van der Waals surface area contributed by atoms with Crippen molar-refractivity contribution in [3.8, 4) is 11.3 Å². The van der Waals surface area contributed by atoms with Crippen molar-refractivity contribution in [2.45, 2.75) is 12.8 Å². The van der Waals surface area contributed by atoms with Gasteiger partial charge in [-0.3, -0.25) is 14.9 Å². The number of aromatic nitrogens is 1. The fraction of sp³-hybridized carbons (Fsp3) is 0.167. The number of nitrogens with zero attached hydrogens (tertiary/aromatic N) is 2. The number of nitro benzene ring substituents is 1. The van der Waals surface area contributed by atoms with E-state index in [9.17, 15) is 14.9 Å². The molecular formula is C12H10N2O4S. The van der Waals surface area contributed by atoms with E-state index < -0.39 is 16.8 Å². The van der Waals surface area contributed by atoms with Gasteiger partial charge in [0.25, 0.3) is 5.69 Å². The van der Waals surface area contributed by atoms with Crippen LogP contribution in [0, 0.1) is 10.1 Å². The number of nitro groups is 1. The largest absolute Gasteiger partial charge is 0.481 e. The van der Waals surface area contributed by atoms with E-state index in [4.69, 9.17) is 5.11 Å². The second kappa shape index (κ2) is 5.15. The van der Waals surface area contributed by atoms with Crippen molar-refractivity contribution in [3.63, 3.8) is 0 Å². The minimum Gasteiger partial charge on any atom is -0.481 e. The summed E-state index contributed by atoms with van der Waals surface area (Å²) < 4.78 is 0. The lowest BCUT2D eigenvalue weighted by molar-refractivity contribution is -0.384. The Kier molecular flexibility index (Phi) is 3.57. The quantitative estimate of drug-likeness (QED) is 0.685. The summed E-state index contributed by atoms with van der Waals surface area (Å²) in [4.78, 5) is 25.5. The molecule has 0 spiro atoms. The molecule has 98 valence electrons. The van der Waals surface area contributed by atoms with Crippen LogP contribution in [-0.2, 0) is 4.79 Å². The highest BCUT2D eigenvalue weighted by Gasteiger charge is 2.21. The molecule has 1 aromatic carbocycles. The van der Waals surface area contributed by atoms with E-state index in [1.165, 1.54) is 24.3 Å². The van der Waals surface area contributed by atoms with Crippen molar-refractivity contribution in [2.24, 2.45) is 0 Å². The maximum absolute atomic E-state index is 10.9. The Hall–Kier alpha value is -2.28. The summed E-state index contributed by atoms with van der Waals surface area (Å²) in [5.74, 6) is -1.69. The third kappa shape index (κ3) is 2.60. The van der Waals surface area contributed by atoms with Crippen molar-refractivity contribution in [2.75, 3.05) is 0 Å². The van der Waals surface area contributed by atoms with E-state index in [-0.39, 0.29) is 5.69 Å². The molecule has 2 rings (SSSR count). The van der Waals surface area contributed by atoms with Crippen molar-refractivity contribution >= 4 is 23.0 Å². The van der Waals surface area contributed by atoms with Gasteiger partial charge >= 0.3 is 5.97 Å². The van der Waals surface area contributed by atoms with Crippen LogP contribution >= 0.6 is 11.3 Å². The number of thiazole rings is 1. The Bertz CT molecular complexity index is 638. The van der Waals surface area contributed by atoms with Gasteiger partial charge in [-0.05, 0) is 13.0 Å². The van der Waals surface area contributed by atoms with Gasteiger partial charge < -0.3 is 5.11 Å². The summed E-state index contributed by atoms with van der Waals surface area (Å²) in [7, 11) is 0. The average Bonchev–Trinajstić information content (AvgIpc) is 2.87. The molecule has 1 unspecified atom stereocenters. The molecule has 7 heteroatoms. The highest BCUT2D eigenvalue weighted by atomic mass is 32.1. The highest BCUT2D eigenvalue weighted by Crippen LogP contribution is 2.32. The van der Waals surface area contributed by atoms with Crippen molar-refractivity contribution in [3.05, 3.63) is 44.8 Å². The van der Waals surface area contributed by atoms with Crippen LogP contribution in [0.5, 0.6) is 0 Å². The minimum absolute atomic E-state index is 0.0395. The van der Waals surface area contributed by atoms with E-state index in [2.05, 4.69) is 4.98 Å². The number of carboxylic acids is 1. The van der Waals surface area contributed by atoms with Gasteiger partial charge in [-0.25, -0.2) is 4.98 Å². The lowest BCUT2D eigenvalue weighted by Crippen LogP contribution is -2.06. The number of para-hydroxylation sites is 1. The lowest BCUT2D eigenvalue weighted by Gasteiger charge is -2.01. The molecule has 0 aliphatic rings. The molecule has 0 amide bonds. The monoisotopic (exact) mass is 278 g/mol. The van der Waals surface area contributed by atoms with Gasteiger partial charge in [-0.1, -0.05) is 12.1 Å². The first-order chi connectivity index (χ1) is 9.00. The number of hydrogen-bond donors (Lipinski definition) is 1. The molecule has 0 saturated carbocycles. The van der Waals surface area contributed by atoms with Crippen LogP contribution in [0.15, 0.2) is 29.6 Å². The van der Waals surface area contributed by atoms with Crippen LogP contribution in [-0.4, -0.2) is 21.0 Å². The number of hydrogen-bond acceptors (Lipinski definition) is 5. The minimum atomic E-state index is -0.969. The van der Waals surface area contributed by atoms with Gasteiger partial charge in [0.05, 0.1) is 16.2 Å². The van der Waals surface area contributed by atoms with Gasteiger partial charge in [0.2, 0.25) is 0 Å². The molecule has 0 bridgehead atoms. The summed E-state index contributed by atoms with van der Waals surface area (Å²) in [5, 5.41) is 21.9. The molecule has 2 aromatic rings. The first kappa shape index (κ1) is 13.2. The van der Waals surface area contributed by atoms with Crippen molar-refractivity contribution in [1.82, 2.24) is 4.98 Å². The lowest BCUT2D eigenvalue weighted by atomic mass is 10.1. The zero-order valence-electron chi connectivity index (χ0n) is 9.94. The zero-order valence-corrected chi connectivity index (χ0v) is 10.8. The first-order valence-electron chi connectivity index (χ1n) is 5.42. The van der Waals surface area contributed by atoms with E-state index in [1.807, 2.05) is 0 Å². The van der Waals surface area contributed by atoms with E-state index in [0.717, 1.165) is 0 Å². The number of rotatable bonds is 4. The Morgan fingerprint density at radius 1 is 1.47 bits per heavy atom. The third-order valence-corrected chi connectivity index (χ3v) is 3.67. The molecule has 0 aliphatic carbocycles. The highest BCUT2D eigenvalue weighted by molar-refractivity contribution is 7.10. The molecular weight excluding hydrogens is 268 g/mol. The van der Waals surface area contributed by atoms with E-state index >= 15 is 0 Å². The summed E-state index contributed by atoms with van der Waals surface area (Å²) in [5.41, 5.74) is 0.787. The third-order valence-electron chi connectivity index (χ3n) is 2.64. The number of benzene rings is 1. The molecule has 0 fully saturated rings.